The third-order valence-electron chi connectivity index (χ3n) is 7.48. The molecule has 0 aromatic rings. The van der Waals surface area contributed by atoms with Gasteiger partial charge in [-0.15, -0.1) is 24.0 Å². The van der Waals surface area contributed by atoms with E-state index < -0.39 is 0 Å². The molecule has 8 heteroatoms. The molecule has 0 radical (unpaired) electrons. The van der Waals surface area contributed by atoms with E-state index in [1.807, 2.05) is 11.9 Å². The molecule has 1 saturated carbocycles. The van der Waals surface area contributed by atoms with Crippen LogP contribution in [0.3, 0.4) is 0 Å². The Hall–Kier alpha value is -0.610. The Balaban J connectivity index is 0.00000341. The monoisotopic (exact) mass is 548 g/mol. The lowest BCUT2D eigenvalue weighted by Crippen LogP contribution is -2.58. The maximum atomic E-state index is 12.7. The lowest BCUT2D eigenvalue weighted by atomic mass is 9.83. The Morgan fingerprint density at radius 1 is 0.968 bits per heavy atom. The number of carbonyl (C=O) groups is 1. The molecule has 2 saturated heterocycles. The van der Waals surface area contributed by atoms with E-state index >= 15 is 0 Å². The molecule has 2 aliphatic heterocycles. The van der Waals surface area contributed by atoms with Crippen LogP contribution < -0.4 is 5.32 Å². The summed E-state index contributed by atoms with van der Waals surface area (Å²) in [6.45, 7) is 8.59. The Labute approximate surface area is 207 Å². The van der Waals surface area contributed by atoms with E-state index in [0.29, 0.717) is 11.9 Å². The molecular weight excluding hydrogens is 503 g/mol. The highest BCUT2D eigenvalue weighted by molar-refractivity contribution is 14.0. The van der Waals surface area contributed by atoms with Gasteiger partial charge >= 0.3 is 0 Å². The molecule has 1 aliphatic carbocycles. The Bertz CT molecular complexity index is 566. The number of piperazine rings is 1. The Morgan fingerprint density at radius 3 is 2.13 bits per heavy atom. The van der Waals surface area contributed by atoms with Crippen molar-refractivity contribution in [3.63, 3.8) is 0 Å². The lowest BCUT2D eigenvalue weighted by molar-refractivity contribution is -0.135. The van der Waals surface area contributed by atoms with Crippen LogP contribution in [0.4, 0.5) is 0 Å². The van der Waals surface area contributed by atoms with E-state index in [1.54, 1.807) is 0 Å². The van der Waals surface area contributed by atoms with Crippen molar-refractivity contribution in [1.82, 2.24) is 24.9 Å². The smallest absolute Gasteiger partial charge is 0.239 e. The summed E-state index contributed by atoms with van der Waals surface area (Å²) < 4.78 is 0. The zero-order valence-electron chi connectivity index (χ0n) is 20.2. The number of aliphatic imine (C=N–C) groups is 1. The standard InChI is InChI=1S/C23H44N6O.HI/c1-19(22(30)28-12-8-9-13-28)27-14-16-29(17-15-27)23(24-2)25-18-21(26(3)4)20-10-6-5-7-11-20;/h19-21H,5-18H2,1-4H3,(H,24,25);1H. The second kappa shape index (κ2) is 13.2. The van der Waals surface area contributed by atoms with Crippen molar-refractivity contribution in [3.8, 4) is 0 Å². The zero-order chi connectivity index (χ0) is 21.5. The van der Waals surface area contributed by atoms with Crippen LogP contribution in [0.5, 0.6) is 0 Å². The number of hydrogen-bond acceptors (Lipinski definition) is 4. The quantitative estimate of drug-likeness (QED) is 0.314. The molecule has 7 nitrogen and oxygen atoms in total. The molecule has 1 N–H and O–H groups in total. The van der Waals surface area contributed by atoms with Gasteiger partial charge < -0.3 is 20.0 Å². The van der Waals surface area contributed by atoms with Gasteiger partial charge in [-0.1, -0.05) is 19.3 Å². The topological polar surface area (TPSA) is 54.4 Å². The summed E-state index contributed by atoms with van der Waals surface area (Å²) in [4.78, 5) is 26.4. The Morgan fingerprint density at radius 2 is 1.58 bits per heavy atom. The minimum atomic E-state index is -0.00959. The molecule has 2 unspecified atom stereocenters. The molecule has 0 aromatic carbocycles. The molecule has 3 rings (SSSR count). The average Bonchev–Trinajstić information content (AvgIpc) is 3.31. The van der Waals surface area contributed by atoms with E-state index in [1.165, 1.54) is 32.1 Å². The van der Waals surface area contributed by atoms with Crippen molar-refractivity contribution < 1.29 is 4.79 Å². The fourth-order valence-electron chi connectivity index (χ4n) is 5.50. The van der Waals surface area contributed by atoms with E-state index in [4.69, 9.17) is 0 Å². The first-order valence-corrected chi connectivity index (χ1v) is 12.2. The maximum Gasteiger partial charge on any atom is 0.239 e. The summed E-state index contributed by atoms with van der Waals surface area (Å²) in [6.07, 6.45) is 9.16. The van der Waals surface area contributed by atoms with Gasteiger partial charge in [0.25, 0.3) is 0 Å². The number of amides is 1. The van der Waals surface area contributed by atoms with Crippen molar-refractivity contribution in [1.29, 1.82) is 0 Å². The van der Waals surface area contributed by atoms with Crippen LogP contribution >= 0.6 is 24.0 Å². The van der Waals surface area contributed by atoms with Gasteiger partial charge in [0, 0.05) is 58.9 Å². The van der Waals surface area contributed by atoms with Crippen molar-refractivity contribution >= 4 is 35.8 Å². The van der Waals surface area contributed by atoms with Gasteiger partial charge in [0.1, 0.15) is 0 Å². The molecule has 3 aliphatic rings. The van der Waals surface area contributed by atoms with Crippen LogP contribution in [-0.2, 0) is 4.79 Å². The highest BCUT2D eigenvalue weighted by Crippen LogP contribution is 2.28. The summed E-state index contributed by atoms with van der Waals surface area (Å²) in [5, 5.41) is 3.67. The van der Waals surface area contributed by atoms with Gasteiger partial charge in [0.05, 0.1) is 6.04 Å². The van der Waals surface area contributed by atoms with Crippen molar-refractivity contribution in [2.45, 2.75) is 64.0 Å². The number of nitrogens with zero attached hydrogens (tertiary/aromatic N) is 5. The number of likely N-dealkylation sites (N-methyl/N-ethyl adjacent to an activating group) is 1. The van der Waals surface area contributed by atoms with Gasteiger partial charge in [0.2, 0.25) is 5.91 Å². The lowest BCUT2D eigenvalue weighted by Gasteiger charge is -2.40. The number of nitrogens with one attached hydrogen (secondary N) is 1. The first kappa shape index (κ1) is 26.6. The highest BCUT2D eigenvalue weighted by atomic mass is 127. The number of halogens is 1. The average molecular weight is 549 g/mol. The first-order valence-electron chi connectivity index (χ1n) is 12.2. The largest absolute Gasteiger partial charge is 0.355 e. The van der Waals surface area contributed by atoms with Crippen LogP contribution in [0.25, 0.3) is 0 Å². The molecule has 180 valence electrons. The number of rotatable bonds is 6. The fraction of sp³-hybridized carbons (Fsp3) is 0.913. The molecular formula is C23H45IN6O. The number of hydrogen-bond donors (Lipinski definition) is 1. The van der Waals surface area contributed by atoms with E-state index in [9.17, 15) is 4.79 Å². The van der Waals surface area contributed by atoms with E-state index in [0.717, 1.165) is 70.5 Å². The van der Waals surface area contributed by atoms with Crippen LogP contribution in [0.15, 0.2) is 4.99 Å². The molecule has 0 aromatic heterocycles. The molecule has 3 fully saturated rings. The second-order valence-corrected chi connectivity index (χ2v) is 9.59. The summed E-state index contributed by atoms with van der Waals surface area (Å²) in [5.41, 5.74) is 0. The highest BCUT2D eigenvalue weighted by Gasteiger charge is 2.31. The van der Waals surface area contributed by atoms with Crippen LogP contribution in [-0.4, -0.2) is 111 Å². The van der Waals surface area contributed by atoms with Crippen LogP contribution in [0, 0.1) is 5.92 Å². The predicted octanol–water partition coefficient (Wildman–Crippen LogP) is 2.32. The summed E-state index contributed by atoms with van der Waals surface area (Å²) in [6, 6.07) is 0.547. The minimum absolute atomic E-state index is 0. The van der Waals surface area contributed by atoms with Gasteiger partial charge in [-0.3, -0.25) is 14.7 Å². The number of likely N-dealkylation sites (tertiary alicyclic amines) is 1. The first-order chi connectivity index (χ1) is 14.5. The summed E-state index contributed by atoms with van der Waals surface area (Å²) in [7, 11) is 6.31. The minimum Gasteiger partial charge on any atom is -0.355 e. The zero-order valence-corrected chi connectivity index (χ0v) is 22.5. The van der Waals surface area contributed by atoms with Crippen LogP contribution in [0.1, 0.15) is 51.9 Å². The number of guanidine groups is 1. The molecule has 31 heavy (non-hydrogen) atoms. The van der Waals surface area contributed by atoms with Crippen molar-refractivity contribution in [3.05, 3.63) is 0 Å². The van der Waals surface area contributed by atoms with Gasteiger partial charge in [-0.25, -0.2) is 0 Å². The molecule has 0 bridgehead atoms. The van der Waals surface area contributed by atoms with Crippen molar-refractivity contribution in [2.75, 3.05) is 67.0 Å². The predicted molar refractivity (Wildman–Crippen MR) is 139 cm³/mol. The fourth-order valence-corrected chi connectivity index (χ4v) is 5.50. The third kappa shape index (κ3) is 7.19. The second-order valence-electron chi connectivity index (χ2n) is 9.59. The van der Waals surface area contributed by atoms with Gasteiger partial charge in [-0.05, 0) is 52.6 Å². The molecule has 2 atom stereocenters. The van der Waals surface area contributed by atoms with Crippen LogP contribution in [0.2, 0.25) is 0 Å². The normalized spacial score (nSPS) is 23.6. The molecule has 2 heterocycles. The Kier molecular flexibility index (Phi) is 11.3. The van der Waals surface area contributed by atoms with Gasteiger partial charge in [0.15, 0.2) is 5.96 Å². The molecule has 0 spiro atoms. The van der Waals surface area contributed by atoms with Crippen molar-refractivity contribution in [2.24, 2.45) is 10.9 Å². The van der Waals surface area contributed by atoms with E-state index in [-0.39, 0.29) is 30.0 Å². The molecule has 1 amide bonds. The van der Waals surface area contributed by atoms with Gasteiger partial charge in [-0.2, -0.15) is 0 Å². The van der Waals surface area contributed by atoms with E-state index in [2.05, 4.69) is 46.0 Å². The number of carbonyl (C=O) groups excluding carboxylic acids is 1. The third-order valence-corrected chi connectivity index (χ3v) is 7.48. The summed E-state index contributed by atoms with van der Waals surface area (Å²) in [5.74, 6) is 2.11. The maximum absolute atomic E-state index is 12.7. The summed E-state index contributed by atoms with van der Waals surface area (Å²) >= 11 is 0. The SMILES string of the molecule is CN=C(NCC(C1CCCCC1)N(C)C)N1CCN(C(C)C(=O)N2CCCC2)CC1.I.